The van der Waals surface area contributed by atoms with E-state index in [1.54, 1.807) is 19.1 Å². The fourth-order valence-electron chi connectivity index (χ4n) is 2.53. The molecule has 1 unspecified atom stereocenters. The highest BCUT2D eigenvalue weighted by molar-refractivity contribution is 7.89. The van der Waals surface area contributed by atoms with Crippen LogP contribution in [0.4, 0.5) is 4.39 Å². The van der Waals surface area contributed by atoms with Gasteiger partial charge >= 0.3 is 0 Å². The molecule has 1 aromatic heterocycles. The van der Waals surface area contributed by atoms with Gasteiger partial charge < -0.3 is 9.15 Å². The number of ether oxygens (including phenoxy) is 1. The molecule has 0 aliphatic carbocycles. The average Bonchev–Trinajstić information content (AvgIpc) is 3.00. The molecule has 2 aromatic carbocycles. The number of halogens is 1. The molecule has 1 heterocycles. The van der Waals surface area contributed by atoms with Crippen LogP contribution in [0.25, 0.3) is 11.0 Å². The second-order valence-electron chi connectivity index (χ2n) is 5.56. The first-order valence-corrected chi connectivity index (χ1v) is 9.32. The summed E-state index contributed by atoms with van der Waals surface area (Å²) in [7, 11) is -3.87. The van der Waals surface area contributed by atoms with E-state index < -0.39 is 21.9 Å². The van der Waals surface area contributed by atoms with Gasteiger partial charge in [-0.15, -0.1) is 0 Å². The highest BCUT2D eigenvalue weighted by Gasteiger charge is 2.22. The Morgan fingerprint density at radius 2 is 1.96 bits per heavy atom. The van der Waals surface area contributed by atoms with E-state index in [-0.39, 0.29) is 4.90 Å². The number of fused-ring (bicyclic) bond motifs is 1. The SMILES string of the molecule is CCOc1cccc2cc(C(C)NS(=O)(=O)c3cccc(F)c3)oc12. The van der Waals surface area contributed by atoms with Gasteiger partial charge in [-0.1, -0.05) is 18.2 Å². The van der Waals surface area contributed by atoms with Crippen LogP contribution in [-0.4, -0.2) is 15.0 Å². The third-order valence-corrected chi connectivity index (χ3v) is 5.23. The lowest BCUT2D eigenvalue weighted by Crippen LogP contribution is -2.26. The minimum Gasteiger partial charge on any atom is -0.490 e. The molecule has 1 atom stereocenters. The summed E-state index contributed by atoms with van der Waals surface area (Å²) in [6, 6.07) is 11.5. The van der Waals surface area contributed by atoms with E-state index in [0.29, 0.717) is 23.7 Å². The third kappa shape index (κ3) is 3.67. The summed E-state index contributed by atoms with van der Waals surface area (Å²) in [4.78, 5) is -0.134. The Balaban J connectivity index is 1.89. The molecule has 5 nitrogen and oxygen atoms in total. The molecule has 0 bridgehead atoms. The zero-order valence-corrected chi connectivity index (χ0v) is 14.6. The van der Waals surface area contributed by atoms with Crippen molar-refractivity contribution in [3.63, 3.8) is 0 Å². The van der Waals surface area contributed by atoms with Crippen LogP contribution in [0.5, 0.6) is 5.75 Å². The lowest BCUT2D eigenvalue weighted by Gasteiger charge is -2.12. The monoisotopic (exact) mass is 363 g/mol. The summed E-state index contributed by atoms with van der Waals surface area (Å²) in [6.45, 7) is 4.03. The Morgan fingerprint density at radius 3 is 2.68 bits per heavy atom. The summed E-state index contributed by atoms with van der Waals surface area (Å²) in [5.41, 5.74) is 0.566. The van der Waals surface area contributed by atoms with Gasteiger partial charge in [-0.2, -0.15) is 0 Å². The van der Waals surface area contributed by atoms with E-state index in [1.807, 2.05) is 19.1 Å². The highest BCUT2D eigenvalue weighted by Crippen LogP contribution is 2.31. The number of sulfonamides is 1. The van der Waals surface area contributed by atoms with E-state index in [4.69, 9.17) is 9.15 Å². The molecule has 3 rings (SSSR count). The van der Waals surface area contributed by atoms with Crippen molar-refractivity contribution in [2.45, 2.75) is 24.8 Å². The largest absolute Gasteiger partial charge is 0.490 e. The summed E-state index contributed by atoms with van der Waals surface area (Å²) in [5.74, 6) is 0.439. The molecule has 0 amide bonds. The van der Waals surface area contributed by atoms with Gasteiger partial charge in [0.25, 0.3) is 0 Å². The van der Waals surface area contributed by atoms with E-state index in [2.05, 4.69) is 4.72 Å². The fourth-order valence-corrected chi connectivity index (χ4v) is 3.77. The molecule has 3 aromatic rings. The van der Waals surface area contributed by atoms with E-state index in [0.717, 1.165) is 11.5 Å². The van der Waals surface area contributed by atoms with Gasteiger partial charge in [0.05, 0.1) is 17.5 Å². The number of benzene rings is 2. The smallest absolute Gasteiger partial charge is 0.241 e. The van der Waals surface area contributed by atoms with E-state index >= 15 is 0 Å². The van der Waals surface area contributed by atoms with Crippen LogP contribution >= 0.6 is 0 Å². The number of nitrogens with one attached hydrogen (secondary N) is 1. The van der Waals surface area contributed by atoms with Crippen molar-refractivity contribution in [2.75, 3.05) is 6.61 Å². The van der Waals surface area contributed by atoms with E-state index in [9.17, 15) is 12.8 Å². The van der Waals surface area contributed by atoms with Gasteiger partial charge in [-0.3, -0.25) is 0 Å². The summed E-state index contributed by atoms with van der Waals surface area (Å²) >= 11 is 0. The standard InChI is InChI=1S/C18H18FNO4S/c1-3-23-16-9-4-6-13-10-17(24-18(13)16)12(2)20-25(21,22)15-8-5-7-14(19)11-15/h4-12,20H,3H2,1-2H3. The molecule has 25 heavy (non-hydrogen) atoms. The number of rotatable bonds is 6. The Labute approximate surface area is 145 Å². The molecular formula is C18H18FNO4S. The Hall–Kier alpha value is -2.38. The average molecular weight is 363 g/mol. The number of hydrogen-bond acceptors (Lipinski definition) is 4. The molecule has 0 aliphatic rings. The molecule has 7 heteroatoms. The Kier molecular flexibility index (Phi) is 4.78. The first-order valence-electron chi connectivity index (χ1n) is 7.84. The quantitative estimate of drug-likeness (QED) is 0.718. The predicted molar refractivity (Wildman–Crippen MR) is 92.5 cm³/mol. The van der Waals surface area contributed by atoms with Crippen LogP contribution in [-0.2, 0) is 10.0 Å². The summed E-state index contributed by atoms with van der Waals surface area (Å²) in [5, 5.41) is 0.817. The number of para-hydroxylation sites is 1. The van der Waals surface area contributed by atoms with Gasteiger partial charge in [0.1, 0.15) is 11.6 Å². The van der Waals surface area contributed by atoms with Crippen LogP contribution in [0.15, 0.2) is 57.8 Å². The molecular weight excluding hydrogens is 345 g/mol. The highest BCUT2D eigenvalue weighted by atomic mass is 32.2. The topological polar surface area (TPSA) is 68.5 Å². The van der Waals surface area contributed by atoms with Crippen LogP contribution in [0, 0.1) is 5.82 Å². The van der Waals surface area contributed by atoms with Crippen molar-refractivity contribution < 1.29 is 22.0 Å². The first kappa shape index (κ1) is 17.4. The lowest BCUT2D eigenvalue weighted by molar-refractivity contribution is 0.336. The van der Waals surface area contributed by atoms with Gasteiger partial charge in [0.2, 0.25) is 10.0 Å². The minimum atomic E-state index is -3.87. The molecule has 0 spiro atoms. The molecule has 0 aliphatic heterocycles. The van der Waals surface area contributed by atoms with Crippen molar-refractivity contribution in [3.05, 3.63) is 60.1 Å². The summed E-state index contributed by atoms with van der Waals surface area (Å²) in [6.07, 6.45) is 0. The van der Waals surface area contributed by atoms with Crippen LogP contribution < -0.4 is 9.46 Å². The minimum absolute atomic E-state index is 0.134. The van der Waals surface area contributed by atoms with Crippen molar-refractivity contribution >= 4 is 21.0 Å². The zero-order valence-electron chi connectivity index (χ0n) is 13.8. The Morgan fingerprint density at radius 1 is 1.20 bits per heavy atom. The zero-order chi connectivity index (χ0) is 18.0. The summed E-state index contributed by atoms with van der Waals surface area (Å²) < 4.78 is 51.9. The maximum Gasteiger partial charge on any atom is 0.241 e. The number of hydrogen-bond donors (Lipinski definition) is 1. The molecule has 132 valence electrons. The van der Waals surface area contributed by atoms with Crippen molar-refractivity contribution in [3.8, 4) is 5.75 Å². The van der Waals surface area contributed by atoms with Crippen LogP contribution in [0.2, 0.25) is 0 Å². The predicted octanol–water partition coefficient (Wildman–Crippen LogP) is 4.01. The normalized spacial score (nSPS) is 13.1. The third-order valence-electron chi connectivity index (χ3n) is 3.69. The van der Waals surface area contributed by atoms with E-state index in [1.165, 1.54) is 18.2 Å². The molecule has 0 fully saturated rings. The lowest BCUT2D eigenvalue weighted by atomic mass is 10.2. The molecule has 0 saturated carbocycles. The molecule has 0 radical (unpaired) electrons. The number of furan rings is 1. The van der Waals surface area contributed by atoms with Crippen molar-refractivity contribution in [1.82, 2.24) is 4.72 Å². The maximum absolute atomic E-state index is 13.3. The fraction of sp³-hybridized carbons (Fsp3) is 0.222. The van der Waals surface area contributed by atoms with Gasteiger partial charge in [0, 0.05) is 5.39 Å². The second kappa shape index (κ2) is 6.85. The molecule has 0 saturated heterocycles. The molecule has 1 N–H and O–H groups in total. The maximum atomic E-state index is 13.3. The van der Waals surface area contributed by atoms with Crippen molar-refractivity contribution in [2.24, 2.45) is 0 Å². The van der Waals surface area contributed by atoms with Crippen LogP contribution in [0.1, 0.15) is 25.6 Å². The van der Waals surface area contributed by atoms with Gasteiger partial charge in [0.15, 0.2) is 11.3 Å². The Bertz CT molecular complexity index is 997. The van der Waals surface area contributed by atoms with Crippen LogP contribution in [0.3, 0.4) is 0 Å². The first-order chi connectivity index (χ1) is 11.9. The van der Waals surface area contributed by atoms with Gasteiger partial charge in [-0.05, 0) is 44.2 Å². The van der Waals surface area contributed by atoms with Crippen molar-refractivity contribution in [1.29, 1.82) is 0 Å². The van der Waals surface area contributed by atoms with Gasteiger partial charge in [-0.25, -0.2) is 17.5 Å². The second-order valence-corrected chi connectivity index (χ2v) is 7.27.